The summed E-state index contributed by atoms with van der Waals surface area (Å²) < 4.78 is 5.23. The Morgan fingerprint density at radius 2 is 2.00 bits per heavy atom. The molecule has 1 aliphatic heterocycles. The zero-order chi connectivity index (χ0) is 15.5. The Hall–Kier alpha value is -2.82. The van der Waals surface area contributed by atoms with Gasteiger partial charge in [-0.3, -0.25) is 4.79 Å². The van der Waals surface area contributed by atoms with E-state index in [2.05, 4.69) is 5.32 Å². The van der Waals surface area contributed by atoms with E-state index in [4.69, 9.17) is 4.74 Å². The third-order valence-corrected chi connectivity index (χ3v) is 3.39. The first kappa shape index (κ1) is 14.1. The smallest absolute Gasteiger partial charge is 0.331 e. The predicted molar refractivity (Wildman–Crippen MR) is 84.1 cm³/mol. The van der Waals surface area contributed by atoms with Crippen LogP contribution in [-0.4, -0.2) is 25.0 Å². The number of fused-ring (bicyclic) bond motifs is 1. The Bertz CT molecular complexity index is 713. The Morgan fingerprint density at radius 3 is 2.77 bits per heavy atom. The maximum atomic E-state index is 12.2. The van der Waals surface area contributed by atoms with Crippen LogP contribution in [0.5, 0.6) is 5.75 Å². The van der Waals surface area contributed by atoms with Crippen LogP contribution in [0.3, 0.4) is 0 Å². The highest BCUT2D eigenvalue weighted by molar-refractivity contribution is 5.96. The summed E-state index contributed by atoms with van der Waals surface area (Å²) in [4.78, 5) is 25.6. The molecule has 5 nitrogen and oxygen atoms in total. The number of hydrogen-bond donors (Lipinski definition) is 1. The van der Waals surface area contributed by atoms with Gasteiger partial charge in [-0.05, 0) is 36.8 Å². The molecule has 0 spiro atoms. The monoisotopic (exact) mass is 296 g/mol. The third kappa shape index (κ3) is 3.09. The molecule has 1 amide bonds. The second-order valence-electron chi connectivity index (χ2n) is 5.22. The highest BCUT2D eigenvalue weighted by Crippen LogP contribution is 2.32. The van der Waals surface area contributed by atoms with Crippen molar-refractivity contribution in [1.82, 2.24) is 0 Å². The van der Waals surface area contributed by atoms with E-state index in [9.17, 15) is 9.59 Å². The zero-order valence-electron chi connectivity index (χ0n) is 12.2. The fourth-order valence-corrected chi connectivity index (χ4v) is 2.40. The van der Waals surface area contributed by atoms with Gasteiger partial charge in [0.2, 0.25) is 5.91 Å². The van der Waals surface area contributed by atoms with Gasteiger partial charge in [-0.25, -0.2) is 4.79 Å². The number of aryl methyl sites for hydroxylation is 1. The van der Waals surface area contributed by atoms with Crippen molar-refractivity contribution in [2.75, 3.05) is 23.3 Å². The zero-order valence-corrected chi connectivity index (χ0v) is 12.2. The molecule has 0 saturated heterocycles. The summed E-state index contributed by atoms with van der Waals surface area (Å²) in [5.41, 5.74) is 2.49. The van der Waals surface area contributed by atoms with Gasteiger partial charge in [0.15, 0.2) is 5.75 Å². The van der Waals surface area contributed by atoms with Gasteiger partial charge in [0, 0.05) is 5.69 Å². The van der Waals surface area contributed by atoms with E-state index in [0.717, 1.165) is 16.9 Å². The van der Waals surface area contributed by atoms with Gasteiger partial charge in [0.25, 0.3) is 0 Å². The Labute approximate surface area is 128 Å². The van der Waals surface area contributed by atoms with Crippen molar-refractivity contribution in [3.8, 4) is 5.75 Å². The molecular weight excluding hydrogens is 280 g/mol. The van der Waals surface area contributed by atoms with Crippen LogP contribution in [0.15, 0.2) is 48.5 Å². The molecule has 2 aromatic carbocycles. The van der Waals surface area contributed by atoms with Gasteiger partial charge in [0.05, 0.1) is 12.2 Å². The summed E-state index contributed by atoms with van der Waals surface area (Å²) in [7, 11) is 0. The summed E-state index contributed by atoms with van der Waals surface area (Å²) in [6, 6.07) is 14.8. The van der Waals surface area contributed by atoms with Crippen molar-refractivity contribution in [3.63, 3.8) is 0 Å². The summed E-state index contributed by atoms with van der Waals surface area (Å²) in [6.07, 6.45) is 0. The molecule has 5 heteroatoms. The van der Waals surface area contributed by atoms with Crippen molar-refractivity contribution in [1.29, 1.82) is 0 Å². The summed E-state index contributed by atoms with van der Waals surface area (Å²) >= 11 is 0. The first-order valence-electron chi connectivity index (χ1n) is 7.03. The molecule has 1 N–H and O–H groups in total. The number of esters is 1. The fraction of sp³-hybridized carbons (Fsp3) is 0.176. The largest absolute Gasteiger partial charge is 0.423 e. The SMILES string of the molecule is Cc1ccc2c(c1)OC(=O)CN2CC(=O)Nc1ccccc1. The second kappa shape index (κ2) is 5.89. The molecule has 1 heterocycles. The van der Waals surface area contributed by atoms with Crippen LogP contribution >= 0.6 is 0 Å². The van der Waals surface area contributed by atoms with Crippen molar-refractivity contribution < 1.29 is 14.3 Å². The minimum atomic E-state index is -0.356. The number of benzene rings is 2. The van der Waals surface area contributed by atoms with E-state index in [1.54, 1.807) is 11.0 Å². The van der Waals surface area contributed by atoms with Crippen LogP contribution < -0.4 is 15.0 Å². The molecule has 22 heavy (non-hydrogen) atoms. The third-order valence-electron chi connectivity index (χ3n) is 3.39. The van der Waals surface area contributed by atoms with Gasteiger partial charge in [-0.1, -0.05) is 24.3 Å². The number of para-hydroxylation sites is 1. The average molecular weight is 296 g/mol. The van der Waals surface area contributed by atoms with Crippen LogP contribution in [0, 0.1) is 6.92 Å². The summed E-state index contributed by atoms with van der Waals surface area (Å²) in [5.74, 6) is -0.0261. The highest BCUT2D eigenvalue weighted by Gasteiger charge is 2.25. The van der Waals surface area contributed by atoms with E-state index >= 15 is 0 Å². The lowest BCUT2D eigenvalue weighted by atomic mass is 10.1. The lowest BCUT2D eigenvalue weighted by molar-refractivity contribution is -0.133. The van der Waals surface area contributed by atoms with Crippen LogP contribution in [-0.2, 0) is 9.59 Å². The first-order valence-corrected chi connectivity index (χ1v) is 7.03. The first-order chi connectivity index (χ1) is 10.6. The fourth-order valence-electron chi connectivity index (χ4n) is 2.40. The molecule has 1 aliphatic rings. The number of amides is 1. The molecule has 0 fully saturated rings. The normalized spacial score (nSPS) is 13.3. The maximum Gasteiger partial charge on any atom is 0.331 e. The molecular formula is C17H16N2O3. The summed E-state index contributed by atoms with van der Waals surface area (Å²) in [5, 5.41) is 2.81. The van der Waals surface area contributed by atoms with E-state index in [1.807, 2.05) is 49.4 Å². The summed E-state index contributed by atoms with van der Waals surface area (Å²) in [6.45, 7) is 2.09. The number of carbonyl (C=O) groups excluding carboxylic acids is 2. The minimum absolute atomic E-state index is 0.0677. The predicted octanol–water partition coefficient (Wildman–Crippen LogP) is 2.36. The molecule has 0 aromatic heterocycles. The number of ether oxygens (including phenoxy) is 1. The molecule has 112 valence electrons. The molecule has 2 aromatic rings. The van der Waals surface area contributed by atoms with Crippen LogP contribution in [0.2, 0.25) is 0 Å². The molecule has 0 aliphatic carbocycles. The van der Waals surface area contributed by atoms with E-state index in [0.29, 0.717) is 5.75 Å². The van der Waals surface area contributed by atoms with Gasteiger partial charge < -0.3 is 15.0 Å². The molecule has 0 bridgehead atoms. The van der Waals surface area contributed by atoms with Crippen LogP contribution in [0.25, 0.3) is 0 Å². The lowest BCUT2D eigenvalue weighted by Crippen LogP contribution is -2.41. The number of hydrogen-bond acceptors (Lipinski definition) is 4. The van der Waals surface area contributed by atoms with E-state index < -0.39 is 0 Å². The minimum Gasteiger partial charge on any atom is -0.423 e. The van der Waals surface area contributed by atoms with Gasteiger partial charge >= 0.3 is 5.97 Å². The lowest BCUT2D eigenvalue weighted by Gasteiger charge is -2.29. The van der Waals surface area contributed by atoms with Crippen molar-refractivity contribution in [2.24, 2.45) is 0 Å². The van der Waals surface area contributed by atoms with Crippen LogP contribution in [0.4, 0.5) is 11.4 Å². The van der Waals surface area contributed by atoms with Gasteiger partial charge in [-0.2, -0.15) is 0 Å². The number of nitrogens with zero attached hydrogens (tertiary/aromatic N) is 1. The Balaban J connectivity index is 1.75. The van der Waals surface area contributed by atoms with Crippen molar-refractivity contribution in [2.45, 2.75) is 6.92 Å². The van der Waals surface area contributed by atoms with E-state index in [-0.39, 0.29) is 25.0 Å². The van der Waals surface area contributed by atoms with Gasteiger partial charge in [0.1, 0.15) is 6.54 Å². The molecule has 3 rings (SSSR count). The van der Waals surface area contributed by atoms with Crippen LogP contribution in [0.1, 0.15) is 5.56 Å². The Morgan fingerprint density at radius 1 is 1.23 bits per heavy atom. The standard InChI is InChI=1S/C17H16N2O3/c1-12-7-8-14-15(9-12)22-17(21)11-19(14)10-16(20)18-13-5-3-2-4-6-13/h2-9H,10-11H2,1H3,(H,18,20). The maximum absolute atomic E-state index is 12.2. The van der Waals surface area contributed by atoms with Crippen molar-refractivity contribution in [3.05, 3.63) is 54.1 Å². The highest BCUT2D eigenvalue weighted by atomic mass is 16.5. The topological polar surface area (TPSA) is 58.6 Å². The number of carbonyl (C=O) groups is 2. The molecule has 0 saturated carbocycles. The molecule has 0 unspecified atom stereocenters. The second-order valence-corrected chi connectivity index (χ2v) is 5.22. The quantitative estimate of drug-likeness (QED) is 0.698. The molecule has 0 radical (unpaired) electrons. The van der Waals surface area contributed by atoms with E-state index in [1.165, 1.54) is 0 Å². The number of anilines is 2. The van der Waals surface area contributed by atoms with Gasteiger partial charge in [-0.15, -0.1) is 0 Å². The van der Waals surface area contributed by atoms with Crippen molar-refractivity contribution >= 4 is 23.3 Å². The molecule has 0 atom stereocenters. The Kier molecular flexibility index (Phi) is 3.78. The average Bonchev–Trinajstić information content (AvgIpc) is 2.47. The number of nitrogens with one attached hydrogen (secondary N) is 1. The number of rotatable bonds is 3.